The zero-order valence-electron chi connectivity index (χ0n) is 21.0. The van der Waals surface area contributed by atoms with E-state index in [1.807, 2.05) is 36.4 Å². The van der Waals surface area contributed by atoms with Crippen molar-refractivity contribution < 1.29 is 4.74 Å². The summed E-state index contributed by atoms with van der Waals surface area (Å²) in [7, 11) is 0. The Kier molecular flexibility index (Phi) is 4.82. The molecule has 3 heterocycles. The van der Waals surface area contributed by atoms with E-state index in [-0.39, 0.29) is 0 Å². The average Bonchev–Trinajstić information content (AvgIpc) is 3.01. The largest absolute Gasteiger partial charge is 0.456 e. The maximum absolute atomic E-state index is 6.34. The lowest BCUT2D eigenvalue weighted by molar-refractivity contribution is 0.487. The van der Waals surface area contributed by atoms with Crippen LogP contribution in [-0.2, 0) is 0 Å². The second-order valence-electron chi connectivity index (χ2n) is 9.77. The average molecular weight is 499 g/mol. The molecule has 0 N–H and O–H groups in total. The number of fused-ring (bicyclic) bond motifs is 3. The van der Waals surface area contributed by atoms with Crippen LogP contribution >= 0.6 is 0 Å². The Hall–Kier alpha value is -5.28. The van der Waals surface area contributed by atoms with Crippen LogP contribution in [0.4, 0.5) is 0 Å². The SMILES string of the molecule is c1ccc(-c2cccc(-c3ccc(-c4ccc5c6c(cccc46)-c4ccccc4O5)c4ccccc34)n2)nc1. The lowest BCUT2D eigenvalue weighted by atomic mass is 9.88. The molecule has 3 heteroatoms. The first-order valence-corrected chi connectivity index (χ1v) is 13.1. The van der Waals surface area contributed by atoms with Crippen molar-refractivity contribution in [3.05, 3.63) is 134 Å². The van der Waals surface area contributed by atoms with Crippen LogP contribution in [0, 0.1) is 0 Å². The maximum Gasteiger partial charge on any atom is 0.135 e. The zero-order chi connectivity index (χ0) is 25.8. The van der Waals surface area contributed by atoms with Crippen molar-refractivity contribution in [3.8, 4) is 56.4 Å². The minimum absolute atomic E-state index is 0.866. The van der Waals surface area contributed by atoms with E-state index < -0.39 is 0 Å². The normalized spacial score (nSPS) is 11.8. The summed E-state index contributed by atoms with van der Waals surface area (Å²) >= 11 is 0. The van der Waals surface area contributed by atoms with Gasteiger partial charge < -0.3 is 4.74 Å². The van der Waals surface area contributed by atoms with Gasteiger partial charge in [-0.1, -0.05) is 91.0 Å². The van der Waals surface area contributed by atoms with Gasteiger partial charge in [0.1, 0.15) is 11.5 Å². The highest BCUT2D eigenvalue weighted by Crippen LogP contribution is 2.49. The minimum atomic E-state index is 0.866. The molecule has 2 aromatic heterocycles. The molecule has 1 aliphatic heterocycles. The van der Waals surface area contributed by atoms with Gasteiger partial charge in [0.2, 0.25) is 0 Å². The van der Waals surface area contributed by atoms with Crippen molar-refractivity contribution in [3.63, 3.8) is 0 Å². The molecule has 0 radical (unpaired) electrons. The van der Waals surface area contributed by atoms with E-state index in [0.29, 0.717) is 0 Å². The van der Waals surface area contributed by atoms with Gasteiger partial charge in [-0.25, -0.2) is 4.98 Å². The first kappa shape index (κ1) is 21.8. The predicted molar refractivity (Wildman–Crippen MR) is 159 cm³/mol. The molecule has 5 aromatic carbocycles. The third-order valence-corrected chi connectivity index (χ3v) is 7.57. The summed E-state index contributed by atoms with van der Waals surface area (Å²) in [6.07, 6.45) is 1.80. The molecule has 0 spiro atoms. The van der Waals surface area contributed by atoms with Gasteiger partial charge in [-0.15, -0.1) is 0 Å². The molecule has 0 saturated heterocycles. The third kappa shape index (κ3) is 3.44. The second kappa shape index (κ2) is 8.64. The van der Waals surface area contributed by atoms with Crippen LogP contribution in [0.1, 0.15) is 0 Å². The fourth-order valence-electron chi connectivity index (χ4n) is 5.81. The zero-order valence-corrected chi connectivity index (χ0v) is 21.0. The minimum Gasteiger partial charge on any atom is -0.456 e. The van der Waals surface area contributed by atoms with E-state index in [1.165, 1.54) is 32.8 Å². The van der Waals surface area contributed by atoms with E-state index in [1.54, 1.807) is 6.20 Å². The molecule has 3 nitrogen and oxygen atoms in total. The molecule has 0 atom stereocenters. The summed E-state index contributed by atoms with van der Waals surface area (Å²) in [5, 5.41) is 4.71. The maximum atomic E-state index is 6.34. The number of nitrogens with zero attached hydrogens (tertiary/aromatic N) is 2. The van der Waals surface area contributed by atoms with Crippen molar-refractivity contribution >= 4 is 21.5 Å². The highest BCUT2D eigenvalue weighted by molar-refractivity contribution is 6.14. The summed E-state index contributed by atoms with van der Waals surface area (Å²) in [5.41, 5.74) is 8.50. The Bertz CT molecular complexity index is 2050. The molecule has 1 aliphatic rings. The molecule has 0 bridgehead atoms. The number of rotatable bonds is 3. The van der Waals surface area contributed by atoms with E-state index in [2.05, 4.69) is 96.0 Å². The van der Waals surface area contributed by atoms with Crippen molar-refractivity contribution in [2.24, 2.45) is 0 Å². The van der Waals surface area contributed by atoms with Crippen LogP contribution < -0.4 is 4.74 Å². The highest BCUT2D eigenvalue weighted by Gasteiger charge is 2.22. The summed E-state index contributed by atoms with van der Waals surface area (Å²) < 4.78 is 6.34. The number of hydrogen-bond acceptors (Lipinski definition) is 3. The first-order valence-electron chi connectivity index (χ1n) is 13.1. The molecule has 8 rings (SSSR count). The van der Waals surface area contributed by atoms with E-state index >= 15 is 0 Å². The summed E-state index contributed by atoms with van der Waals surface area (Å²) in [6, 6.07) is 44.2. The first-order chi connectivity index (χ1) is 19.3. The molecule has 7 aromatic rings. The third-order valence-electron chi connectivity index (χ3n) is 7.57. The van der Waals surface area contributed by atoms with Gasteiger partial charge in [0.15, 0.2) is 0 Å². The molecular weight excluding hydrogens is 476 g/mol. The lowest BCUT2D eigenvalue weighted by Crippen LogP contribution is -1.98. The van der Waals surface area contributed by atoms with Gasteiger partial charge in [0, 0.05) is 22.7 Å². The van der Waals surface area contributed by atoms with Crippen molar-refractivity contribution in [2.75, 3.05) is 0 Å². The van der Waals surface area contributed by atoms with Gasteiger partial charge >= 0.3 is 0 Å². The van der Waals surface area contributed by atoms with Gasteiger partial charge in [-0.05, 0) is 69.2 Å². The molecule has 182 valence electrons. The lowest BCUT2D eigenvalue weighted by Gasteiger charge is -2.23. The number of para-hydroxylation sites is 1. The molecule has 0 unspecified atom stereocenters. The molecule has 0 aliphatic carbocycles. The molecule has 39 heavy (non-hydrogen) atoms. The van der Waals surface area contributed by atoms with Gasteiger partial charge in [0.05, 0.1) is 17.1 Å². The monoisotopic (exact) mass is 498 g/mol. The second-order valence-corrected chi connectivity index (χ2v) is 9.77. The Morgan fingerprint density at radius 1 is 0.385 bits per heavy atom. The highest BCUT2D eigenvalue weighted by atomic mass is 16.5. The van der Waals surface area contributed by atoms with Crippen molar-refractivity contribution in [2.45, 2.75) is 0 Å². The van der Waals surface area contributed by atoms with Crippen LogP contribution in [0.5, 0.6) is 11.5 Å². The number of ether oxygens (including phenoxy) is 1. The van der Waals surface area contributed by atoms with E-state index in [0.717, 1.165) is 45.1 Å². The molecule has 0 amide bonds. The van der Waals surface area contributed by atoms with Crippen molar-refractivity contribution in [1.29, 1.82) is 0 Å². The van der Waals surface area contributed by atoms with Crippen LogP contribution in [-0.4, -0.2) is 9.97 Å². The van der Waals surface area contributed by atoms with Crippen LogP contribution in [0.3, 0.4) is 0 Å². The summed E-state index contributed by atoms with van der Waals surface area (Å²) in [6.45, 7) is 0. The smallest absolute Gasteiger partial charge is 0.135 e. The fraction of sp³-hybridized carbons (Fsp3) is 0. The number of aromatic nitrogens is 2. The fourth-order valence-corrected chi connectivity index (χ4v) is 5.81. The topological polar surface area (TPSA) is 35.0 Å². The van der Waals surface area contributed by atoms with Gasteiger partial charge in [-0.2, -0.15) is 0 Å². The van der Waals surface area contributed by atoms with Crippen LogP contribution in [0.2, 0.25) is 0 Å². The standard InChI is InChI=1S/C36H22N2O/c1-2-10-24-23(9-1)25(18-19-27(24)31-15-8-16-33(38-31)32-14-5-6-22-37-32)26-20-21-35-36-29(26)12-7-13-30(36)28-11-3-4-17-34(28)39-35/h1-22H. The Morgan fingerprint density at radius 2 is 1.03 bits per heavy atom. The summed E-state index contributed by atoms with van der Waals surface area (Å²) in [4.78, 5) is 9.50. The Labute approximate surface area is 226 Å². The Morgan fingerprint density at radius 3 is 1.92 bits per heavy atom. The van der Waals surface area contributed by atoms with Crippen LogP contribution in [0.25, 0.3) is 66.4 Å². The molecular formula is C36H22N2O. The van der Waals surface area contributed by atoms with Gasteiger partial charge in [0.25, 0.3) is 0 Å². The van der Waals surface area contributed by atoms with Crippen LogP contribution in [0.15, 0.2) is 134 Å². The molecule has 0 fully saturated rings. The number of hydrogen-bond donors (Lipinski definition) is 0. The Balaban J connectivity index is 1.33. The summed E-state index contributed by atoms with van der Waals surface area (Å²) in [5.74, 6) is 1.81. The number of pyridine rings is 2. The quantitative estimate of drug-likeness (QED) is 0.243. The van der Waals surface area contributed by atoms with E-state index in [9.17, 15) is 0 Å². The van der Waals surface area contributed by atoms with Gasteiger partial charge in [-0.3, -0.25) is 4.98 Å². The predicted octanol–water partition coefficient (Wildman–Crippen LogP) is 9.56. The number of benzene rings is 5. The van der Waals surface area contributed by atoms with Crippen molar-refractivity contribution in [1.82, 2.24) is 9.97 Å². The molecule has 0 saturated carbocycles. The van der Waals surface area contributed by atoms with E-state index in [4.69, 9.17) is 9.72 Å².